The van der Waals surface area contributed by atoms with E-state index in [0.717, 1.165) is 32.1 Å². The normalized spacial score (nSPS) is 13.0. The first-order chi connectivity index (χ1) is 41.5. The first-order valence-electron chi connectivity index (χ1n) is 38.2. The van der Waals surface area contributed by atoms with Crippen molar-refractivity contribution in [1.82, 2.24) is 0 Å². The molecule has 0 aliphatic rings. The molecule has 0 heterocycles. The molecule has 0 aliphatic carbocycles. The Balaban J connectivity index is 3.89. The minimum atomic E-state index is -4.64. The number of carbonyl (C=O) groups is 2. The molecule has 0 aromatic heterocycles. The van der Waals surface area contributed by atoms with Gasteiger partial charge in [-0.05, 0) is 12.8 Å². The summed E-state index contributed by atoms with van der Waals surface area (Å²) in [7, 11) is 1.20. The smallest absolute Gasteiger partial charge is 0.306 e. The SMILES string of the molecule is CCCCCCCCCCCCCCCCCCCCCCCCCCCCCCCCCCCCCCC(=O)OC(COC(=O)CCCCCCCCCCCCCCCCCCCCCCCCCCC)COP(=O)([O-])OCC[N+](C)(C)C. The van der Waals surface area contributed by atoms with Gasteiger partial charge in [0.15, 0.2) is 6.10 Å². The highest BCUT2D eigenvalue weighted by Crippen LogP contribution is 2.38. The third-order valence-corrected chi connectivity index (χ3v) is 18.8. The average molecular weight is 1220 g/mol. The number of hydrogen-bond donors (Lipinski definition) is 0. The summed E-state index contributed by atoms with van der Waals surface area (Å²) in [6.07, 6.45) is 82.2. The van der Waals surface area contributed by atoms with E-state index >= 15 is 0 Å². The minimum absolute atomic E-state index is 0.0247. The van der Waals surface area contributed by atoms with E-state index in [4.69, 9.17) is 18.5 Å². The van der Waals surface area contributed by atoms with E-state index in [1.807, 2.05) is 21.1 Å². The van der Waals surface area contributed by atoms with E-state index < -0.39 is 26.5 Å². The fourth-order valence-electron chi connectivity index (χ4n) is 12.0. The summed E-state index contributed by atoms with van der Waals surface area (Å²) < 4.78 is 34.4. The monoisotopic (exact) mass is 1220 g/mol. The quantitative estimate of drug-likeness (QED) is 0.0256. The second-order valence-corrected chi connectivity index (χ2v) is 29.2. The van der Waals surface area contributed by atoms with Crippen molar-refractivity contribution in [3.63, 3.8) is 0 Å². The van der Waals surface area contributed by atoms with Crippen LogP contribution in [0.4, 0.5) is 0 Å². The van der Waals surface area contributed by atoms with Gasteiger partial charge in [-0.3, -0.25) is 14.2 Å². The Morgan fingerprint density at radius 3 is 0.753 bits per heavy atom. The number of phosphoric acid groups is 1. The molecule has 508 valence electrons. The van der Waals surface area contributed by atoms with E-state index in [0.29, 0.717) is 17.4 Å². The molecule has 0 radical (unpaired) electrons. The number of likely N-dealkylation sites (N-methyl/N-ethyl adjacent to an activating group) is 1. The Morgan fingerprint density at radius 1 is 0.318 bits per heavy atom. The molecular weight excluding hydrogens is 1070 g/mol. The van der Waals surface area contributed by atoms with Gasteiger partial charge < -0.3 is 27.9 Å². The lowest BCUT2D eigenvalue weighted by Gasteiger charge is -2.28. The van der Waals surface area contributed by atoms with Crippen LogP contribution >= 0.6 is 7.82 Å². The molecule has 85 heavy (non-hydrogen) atoms. The van der Waals surface area contributed by atoms with E-state index in [2.05, 4.69) is 13.8 Å². The van der Waals surface area contributed by atoms with Crippen LogP contribution in [0.5, 0.6) is 0 Å². The third-order valence-electron chi connectivity index (χ3n) is 17.9. The van der Waals surface area contributed by atoms with Crippen LogP contribution in [0.25, 0.3) is 0 Å². The van der Waals surface area contributed by atoms with Gasteiger partial charge in [0.1, 0.15) is 19.8 Å². The molecule has 0 spiro atoms. The van der Waals surface area contributed by atoms with Crippen molar-refractivity contribution < 1.29 is 42.1 Å². The Morgan fingerprint density at radius 2 is 0.529 bits per heavy atom. The standard InChI is InChI=1S/C75H150NO8P/c1-6-8-10-12-14-16-18-20-22-24-26-28-30-32-33-34-35-36-37-38-39-40-41-42-44-46-48-50-52-54-56-58-60-62-64-66-68-75(78)84-73(72-83-85(79,80)82-70-69-76(3,4)5)71-81-74(77)67-65-63-61-59-57-55-53-51-49-47-45-43-31-29-27-25-23-21-19-17-15-13-11-9-7-2/h73H,6-72H2,1-5H3. The van der Waals surface area contributed by atoms with Crippen LogP contribution in [0.1, 0.15) is 418 Å². The third kappa shape index (κ3) is 72.0. The molecule has 2 atom stereocenters. The summed E-state index contributed by atoms with van der Waals surface area (Å²) in [4.78, 5) is 38.1. The maximum Gasteiger partial charge on any atom is 0.306 e. The number of rotatable bonds is 73. The number of unbranched alkanes of at least 4 members (excludes halogenated alkanes) is 59. The molecule has 0 N–H and O–H groups in total. The molecule has 0 aromatic rings. The molecule has 0 aromatic carbocycles. The van der Waals surface area contributed by atoms with Crippen LogP contribution in [0.15, 0.2) is 0 Å². The number of phosphoric ester groups is 1. The first kappa shape index (κ1) is 84.0. The summed E-state index contributed by atoms with van der Waals surface area (Å²) in [6.45, 7) is 4.34. The number of ether oxygens (including phenoxy) is 2. The zero-order valence-corrected chi connectivity index (χ0v) is 59.0. The number of carbonyl (C=O) groups excluding carboxylic acids is 2. The molecule has 0 amide bonds. The summed E-state index contributed by atoms with van der Waals surface area (Å²) in [5.74, 6) is -0.802. The Bertz CT molecular complexity index is 1390. The second-order valence-electron chi connectivity index (χ2n) is 27.7. The maximum atomic E-state index is 12.9. The highest BCUT2D eigenvalue weighted by Gasteiger charge is 2.22. The molecule has 0 fully saturated rings. The van der Waals surface area contributed by atoms with Crippen LogP contribution < -0.4 is 4.89 Å². The van der Waals surface area contributed by atoms with Gasteiger partial charge in [-0.25, -0.2) is 0 Å². The average Bonchev–Trinajstić information content (AvgIpc) is 3.49. The predicted molar refractivity (Wildman–Crippen MR) is 365 cm³/mol. The fraction of sp³-hybridized carbons (Fsp3) is 0.973. The van der Waals surface area contributed by atoms with Crippen molar-refractivity contribution in [3.8, 4) is 0 Å². The minimum Gasteiger partial charge on any atom is -0.756 e. The topological polar surface area (TPSA) is 111 Å². The van der Waals surface area contributed by atoms with Gasteiger partial charge in [0.2, 0.25) is 0 Å². The summed E-state index contributed by atoms with van der Waals surface area (Å²) in [5, 5.41) is 0. The molecule has 2 unspecified atom stereocenters. The van der Waals surface area contributed by atoms with Crippen molar-refractivity contribution in [1.29, 1.82) is 0 Å². The van der Waals surface area contributed by atoms with Gasteiger partial charge in [0.25, 0.3) is 7.82 Å². The lowest BCUT2D eigenvalue weighted by molar-refractivity contribution is -0.870. The Hall–Kier alpha value is -0.990. The van der Waals surface area contributed by atoms with E-state index in [1.165, 1.54) is 353 Å². The Kier molecular flexibility index (Phi) is 66.6. The van der Waals surface area contributed by atoms with Gasteiger partial charge in [0.05, 0.1) is 27.7 Å². The van der Waals surface area contributed by atoms with E-state index in [1.54, 1.807) is 0 Å². The van der Waals surface area contributed by atoms with Crippen molar-refractivity contribution in [3.05, 3.63) is 0 Å². The van der Waals surface area contributed by atoms with E-state index in [9.17, 15) is 19.0 Å². The van der Waals surface area contributed by atoms with Crippen LogP contribution in [-0.2, 0) is 32.7 Å². The van der Waals surface area contributed by atoms with Gasteiger partial charge >= 0.3 is 11.9 Å². The lowest BCUT2D eigenvalue weighted by atomic mass is 10.0. The van der Waals surface area contributed by atoms with Crippen molar-refractivity contribution in [2.45, 2.75) is 424 Å². The zero-order valence-electron chi connectivity index (χ0n) is 58.1. The van der Waals surface area contributed by atoms with Gasteiger partial charge in [-0.2, -0.15) is 0 Å². The second kappa shape index (κ2) is 67.4. The van der Waals surface area contributed by atoms with Crippen LogP contribution in [-0.4, -0.2) is 70.0 Å². The van der Waals surface area contributed by atoms with Crippen molar-refractivity contribution in [2.24, 2.45) is 0 Å². The molecule has 10 heteroatoms. The number of nitrogens with zero attached hydrogens (tertiary/aromatic N) is 1. The fourth-order valence-corrected chi connectivity index (χ4v) is 12.7. The lowest BCUT2D eigenvalue weighted by Crippen LogP contribution is -2.37. The summed E-state index contributed by atoms with van der Waals surface area (Å²) in [5.41, 5.74) is 0. The molecule has 0 rings (SSSR count). The molecule has 0 aliphatic heterocycles. The molecular formula is C75H150NO8P. The molecule has 0 saturated carbocycles. The number of quaternary nitrogens is 1. The number of hydrogen-bond acceptors (Lipinski definition) is 8. The molecule has 0 bridgehead atoms. The van der Waals surface area contributed by atoms with E-state index in [-0.39, 0.29) is 32.0 Å². The number of esters is 2. The highest BCUT2D eigenvalue weighted by atomic mass is 31.2. The van der Waals surface area contributed by atoms with Crippen LogP contribution in [0.3, 0.4) is 0 Å². The van der Waals surface area contributed by atoms with Gasteiger partial charge in [-0.15, -0.1) is 0 Å². The Labute approximate surface area is 531 Å². The summed E-state index contributed by atoms with van der Waals surface area (Å²) >= 11 is 0. The van der Waals surface area contributed by atoms with Crippen molar-refractivity contribution in [2.75, 3.05) is 47.5 Å². The van der Waals surface area contributed by atoms with Gasteiger partial charge in [0, 0.05) is 12.8 Å². The molecule has 9 nitrogen and oxygen atoms in total. The molecule has 0 saturated heterocycles. The predicted octanol–water partition coefficient (Wildman–Crippen LogP) is 24.3. The van der Waals surface area contributed by atoms with Gasteiger partial charge in [-0.1, -0.05) is 393 Å². The summed E-state index contributed by atoms with van der Waals surface area (Å²) in [6, 6.07) is 0. The first-order valence-corrected chi connectivity index (χ1v) is 39.7. The van der Waals surface area contributed by atoms with Crippen LogP contribution in [0.2, 0.25) is 0 Å². The van der Waals surface area contributed by atoms with Crippen molar-refractivity contribution >= 4 is 19.8 Å². The highest BCUT2D eigenvalue weighted by molar-refractivity contribution is 7.45. The zero-order chi connectivity index (χ0) is 61.9. The largest absolute Gasteiger partial charge is 0.756 e. The van der Waals surface area contributed by atoms with Crippen LogP contribution in [0, 0.1) is 0 Å². The maximum absolute atomic E-state index is 12.9.